The maximum absolute atomic E-state index is 11.3. The molecule has 7 heteroatoms. The van der Waals surface area contributed by atoms with E-state index in [1.54, 1.807) is 23.7 Å². The van der Waals surface area contributed by atoms with Crippen molar-refractivity contribution in [3.63, 3.8) is 0 Å². The minimum absolute atomic E-state index is 0.430. The van der Waals surface area contributed by atoms with Gasteiger partial charge in [-0.15, -0.1) is 11.3 Å². The molecule has 6 nitrogen and oxygen atoms in total. The Kier molecular flexibility index (Phi) is 5.20. The first-order valence-electron chi connectivity index (χ1n) is 8.04. The Hall–Kier alpha value is -2.90. The molecule has 2 N–H and O–H groups in total. The van der Waals surface area contributed by atoms with E-state index in [2.05, 4.69) is 20.7 Å². The van der Waals surface area contributed by atoms with Crippen LogP contribution in [0.5, 0.6) is 0 Å². The highest BCUT2D eigenvalue weighted by atomic mass is 32.1. The summed E-state index contributed by atoms with van der Waals surface area (Å²) in [5.74, 6) is 0. The Morgan fingerprint density at radius 1 is 1.23 bits per heavy atom. The van der Waals surface area contributed by atoms with Gasteiger partial charge in [0.1, 0.15) is 16.4 Å². The van der Waals surface area contributed by atoms with Crippen LogP contribution in [0, 0.1) is 6.92 Å². The summed E-state index contributed by atoms with van der Waals surface area (Å²) < 4.78 is 2.02. The summed E-state index contributed by atoms with van der Waals surface area (Å²) in [7, 11) is 3.48. The number of carbonyl (C=O) groups is 1. The number of aldehydes is 1. The van der Waals surface area contributed by atoms with Crippen molar-refractivity contribution in [2.75, 3.05) is 7.05 Å². The number of rotatable bonds is 3. The number of nitrogens with zero attached hydrogens (tertiary/aromatic N) is 4. The van der Waals surface area contributed by atoms with Crippen molar-refractivity contribution in [1.29, 1.82) is 0 Å². The molecule has 0 saturated carbocycles. The minimum Gasteiger partial charge on any atom is -0.349 e. The van der Waals surface area contributed by atoms with E-state index in [-0.39, 0.29) is 0 Å². The van der Waals surface area contributed by atoms with Crippen molar-refractivity contribution in [3.05, 3.63) is 54.2 Å². The molecule has 4 rings (SSSR count). The number of hydrogen-bond acceptors (Lipinski definition) is 6. The second-order valence-corrected chi connectivity index (χ2v) is 6.55. The fourth-order valence-electron chi connectivity index (χ4n) is 2.79. The molecule has 4 heterocycles. The van der Waals surface area contributed by atoms with Crippen LogP contribution in [0.2, 0.25) is 0 Å². The number of fused-ring (bicyclic) bond motifs is 1. The lowest BCUT2D eigenvalue weighted by Crippen LogP contribution is -1.95. The number of aryl methyl sites for hydroxylation is 2. The zero-order chi connectivity index (χ0) is 18.7. The third kappa shape index (κ3) is 3.14. The molecular weight excluding hydrogens is 346 g/mol. The Balaban J connectivity index is 0.000000948. The van der Waals surface area contributed by atoms with Gasteiger partial charge in [-0.2, -0.15) is 0 Å². The molecule has 0 aliphatic heterocycles. The molecule has 0 fully saturated rings. The standard InChI is InChI=1S/C18H14N4OS.CH5N/c1-11-17(24-18(20-11)13-4-3-6-19-9-13)15-16-12(5-7-22(16)2)8-14(10-23)21-15;1-2/h3-10H,1-2H3;2H2,1H3. The topological polar surface area (TPSA) is 86.7 Å². The van der Waals surface area contributed by atoms with Gasteiger partial charge >= 0.3 is 0 Å². The van der Waals surface area contributed by atoms with E-state index < -0.39 is 0 Å². The highest BCUT2D eigenvalue weighted by Gasteiger charge is 2.18. The van der Waals surface area contributed by atoms with Gasteiger partial charge in [-0.05, 0) is 38.2 Å². The molecule has 132 valence electrons. The quantitative estimate of drug-likeness (QED) is 0.562. The Morgan fingerprint density at radius 3 is 2.73 bits per heavy atom. The summed E-state index contributed by atoms with van der Waals surface area (Å²) in [6.07, 6.45) is 6.31. The molecule has 0 atom stereocenters. The third-order valence-electron chi connectivity index (χ3n) is 3.91. The number of pyridine rings is 2. The van der Waals surface area contributed by atoms with Crippen LogP contribution in [0.15, 0.2) is 42.9 Å². The van der Waals surface area contributed by atoms with Crippen LogP contribution in [0.1, 0.15) is 16.2 Å². The summed E-state index contributed by atoms with van der Waals surface area (Å²) in [4.78, 5) is 25.6. The van der Waals surface area contributed by atoms with Crippen molar-refractivity contribution in [3.8, 4) is 21.1 Å². The van der Waals surface area contributed by atoms with E-state index in [9.17, 15) is 4.79 Å². The molecule has 0 radical (unpaired) electrons. The van der Waals surface area contributed by atoms with Crippen molar-refractivity contribution in [1.82, 2.24) is 19.5 Å². The molecule has 26 heavy (non-hydrogen) atoms. The molecule has 0 aromatic carbocycles. The Labute approximate surface area is 155 Å². The monoisotopic (exact) mass is 365 g/mol. The molecule has 0 bridgehead atoms. The molecule has 0 aliphatic rings. The lowest BCUT2D eigenvalue weighted by Gasteiger charge is -2.05. The van der Waals surface area contributed by atoms with Crippen molar-refractivity contribution < 1.29 is 4.79 Å². The van der Waals surface area contributed by atoms with Gasteiger partial charge in [0, 0.05) is 36.6 Å². The normalized spacial score (nSPS) is 10.5. The predicted octanol–water partition coefficient (Wildman–Crippen LogP) is 3.45. The van der Waals surface area contributed by atoms with Crippen LogP contribution >= 0.6 is 11.3 Å². The van der Waals surface area contributed by atoms with E-state index >= 15 is 0 Å². The SMILES string of the molecule is CN.Cc1nc(-c2cccnc2)sc1-c1nc(C=O)cc2ccn(C)c12. The number of nitrogens with two attached hydrogens (primary N) is 1. The first kappa shape index (κ1) is 17.9. The van der Waals surface area contributed by atoms with Crippen LogP contribution in [-0.2, 0) is 7.05 Å². The van der Waals surface area contributed by atoms with Gasteiger partial charge in [0.2, 0.25) is 0 Å². The van der Waals surface area contributed by atoms with Gasteiger partial charge in [0.15, 0.2) is 6.29 Å². The molecule has 0 amide bonds. The van der Waals surface area contributed by atoms with Crippen LogP contribution in [0.4, 0.5) is 0 Å². The number of carbonyl (C=O) groups excluding carboxylic acids is 1. The number of thiazole rings is 1. The van der Waals surface area contributed by atoms with E-state index in [0.29, 0.717) is 5.69 Å². The molecule has 4 aromatic heterocycles. The fourth-order valence-corrected chi connectivity index (χ4v) is 3.84. The number of hydrogen-bond donors (Lipinski definition) is 1. The first-order chi connectivity index (χ1) is 12.7. The minimum atomic E-state index is 0.430. The van der Waals surface area contributed by atoms with E-state index in [1.165, 1.54) is 7.05 Å². The summed E-state index contributed by atoms with van der Waals surface area (Å²) >= 11 is 1.57. The molecule has 0 aliphatic carbocycles. The third-order valence-corrected chi connectivity index (χ3v) is 5.13. The lowest BCUT2D eigenvalue weighted by atomic mass is 10.2. The second-order valence-electron chi connectivity index (χ2n) is 5.55. The molecule has 0 unspecified atom stereocenters. The van der Waals surface area contributed by atoms with Gasteiger partial charge < -0.3 is 10.3 Å². The first-order valence-corrected chi connectivity index (χ1v) is 8.86. The average Bonchev–Trinajstić information content (AvgIpc) is 3.26. The van der Waals surface area contributed by atoms with Crippen LogP contribution in [0.25, 0.3) is 32.0 Å². The van der Waals surface area contributed by atoms with Gasteiger partial charge in [-0.1, -0.05) is 0 Å². The highest BCUT2D eigenvalue weighted by molar-refractivity contribution is 7.18. The molecule has 0 saturated heterocycles. The largest absolute Gasteiger partial charge is 0.349 e. The maximum atomic E-state index is 11.3. The van der Waals surface area contributed by atoms with Crippen LogP contribution in [-0.4, -0.2) is 32.9 Å². The van der Waals surface area contributed by atoms with Gasteiger partial charge in [0.05, 0.1) is 16.1 Å². The smallest absolute Gasteiger partial charge is 0.168 e. The summed E-state index contributed by atoms with van der Waals surface area (Å²) in [6, 6.07) is 7.69. The second kappa shape index (κ2) is 7.55. The zero-order valence-electron chi connectivity index (χ0n) is 14.8. The van der Waals surface area contributed by atoms with Crippen molar-refractivity contribution in [2.45, 2.75) is 6.92 Å². The van der Waals surface area contributed by atoms with Crippen molar-refractivity contribution in [2.24, 2.45) is 12.8 Å². The van der Waals surface area contributed by atoms with E-state index in [0.717, 1.165) is 44.0 Å². The zero-order valence-corrected chi connectivity index (χ0v) is 15.6. The summed E-state index contributed by atoms with van der Waals surface area (Å²) in [5.41, 5.74) is 8.61. The van der Waals surface area contributed by atoms with Gasteiger partial charge in [-0.3, -0.25) is 9.78 Å². The predicted molar refractivity (Wildman–Crippen MR) is 105 cm³/mol. The Morgan fingerprint density at radius 2 is 2.04 bits per heavy atom. The van der Waals surface area contributed by atoms with Crippen LogP contribution in [0.3, 0.4) is 0 Å². The molecular formula is C19H19N5OS. The average molecular weight is 365 g/mol. The molecule has 4 aromatic rings. The molecule has 0 spiro atoms. The maximum Gasteiger partial charge on any atom is 0.168 e. The van der Waals surface area contributed by atoms with Gasteiger partial charge in [-0.25, -0.2) is 9.97 Å². The van der Waals surface area contributed by atoms with Crippen molar-refractivity contribution >= 4 is 28.5 Å². The summed E-state index contributed by atoms with van der Waals surface area (Å²) in [5, 5.41) is 1.90. The fraction of sp³-hybridized carbons (Fsp3) is 0.158. The summed E-state index contributed by atoms with van der Waals surface area (Å²) in [6.45, 7) is 1.97. The van der Waals surface area contributed by atoms with Crippen LogP contribution < -0.4 is 5.73 Å². The Bertz CT molecular complexity index is 1050. The highest BCUT2D eigenvalue weighted by Crippen LogP contribution is 2.37. The number of aromatic nitrogens is 4. The lowest BCUT2D eigenvalue weighted by molar-refractivity contribution is 0.111. The van der Waals surface area contributed by atoms with E-state index in [4.69, 9.17) is 0 Å². The van der Waals surface area contributed by atoms with E-state index in [1.807, 2.05) is 49.0 Å². The van der Waals surface area contributed by atoms with Gasteiger partial charge in [0.25, 0.3) is 0 Å².